The molecule has 0 fully saturated rings. The third-order valence-electron chi connectivity index (χ3n) is 6.77. The molecule has 16 nitrogen and oxygen atoms in total. The highest BCUT2D eigenvalue weighted by molar-refractivity contribution is 5.85. The molecule has 260 valence electrons. The first-order valence-corrected chi connectivity index (χ1v) is 14.7. The van der Waals surface area contributed by atoms with Gasteiger partial charge in [0.05, 0.1) is 29.4 Å². The molecule has 48 heavy (non-hydrogen) atoms. The fraction of sp³-hybridized carbons (Fsp3) is 0.375. The van der Waals surface area contributed by atoms with Crippen molar-refractivity contribution in [1.82, 2.24) is 24.7 Å². The Bertz CT molecular complexity index is 1440. The summed E-state index contributed by atoms with van der Waals surface area (Å²) in [6.07, 6.45) is 1.95. The van der Waals surface area contributed by atoms with Crippen LogP contribution < -0.4 is 0 Å². The molecule has 0 amide bonds. The molecule has 0 radical (unpaired) electrons. The molecule has 2 aromatic heterocycles. The molecule has 0 aliphatic rings. The number of carbonyl (C=O) groups is 4. The molecular weight excluding hydrogens is 628 g/mol. The van der Waals surface area contributed by atoms with Crippen molar-refractivity contribution in [2.45, 2.75) is 19.5 Å². The highest BCUT2D eigenvalue weighted by Crippen LogP contribution is 2.13. The van der Waals surface area contributed by atoms with Gasteiger partial charge in [-0.2, -0.15) is 0 Å². The van der Waals surface area contributed by atoms with Crippen molar-refractivity contribution in [1.29, 1.82) is 0 Å². The molecule has 0 unspecified atom stereocenters. The molecule has 2 heterocycles. The Morgan fingerprint density at radius 2 is 1.33 bits per heavy atom. The van der Waals surface area contributed by atoms with Gasteiger partial charge in [-0.3, -0.25) is 29.5 Å². The zero-order valence-corrected chi connectivity index (χ0v) is 26.9. The number of aromatic nitrogens is 2. The van der Waals surface area contributed by atoms with Crippen molar-refractivity contribution in [3.63, 3.8) is 0 Å². The van der Waals surface area contributed by atoms with E-state index in [0.717, 1.165) is 26.1 Å². The minimum atomic E-state index is -1.15. The summed E-state index contributed by atoms with van der Waals surface area (Å²) in [7, 11) is 2.00. The number of nitrogens with zero attached hydrogens (tertiary/aromatic N) is 6. The van der Waals surface area contributed by atoms with Crippen LogP contribution in [0.5, 0.6) is 0 Å². The molecule has 0 saturated carbocycles. The molecule has 0 atom stereocenters. The molecule has 0 spiro atoms. The molecule has 3 rings (SSSR count). The average Bonchev–Trinajstić information content (AvgIpc) is 3.09. The fourth-order valence-electron chi connectivity index (χ4n) is 4.52. The number of aliphatic carboxylic acids is 1. The van der Waals surface area contributed by atoms with E-state index in [9.17, 15) is 39.5 Å². The molecule has 0 aliphatic carbocycles. The largest absolute Gasteiger partial charge is 0.480 e. The Morgan fingerprint density at radius 3 is 1.90 bits per heavy atom. The molecule has 1 aromatic carbocycles. The van der Waals surface area contributed by atoms with Crippen molar-refractivity contribution in [2.75, 3.05) is 60.0 Å². The summed E-state index contributed by atoms with van der Waals surface area (Å²) in [6.45, 7) is 2.58. The van der Waals surface area contributed by atoms with E-state index in [1.807, 2.05) is 4.90 Å². The Kier molecular flexibility index (Phi) is 19.9. The number of aliphatic hydroxyl groups is 2. The van der Waals surface area contributed by atoms with Crippen LogP contribution in [0.15, 0.2) is 60.7 Å². The van der Waals surface area contributed by atoms with Gasteiger partial charge in [0, 0.05) is 72.2 Å². The lowest BCUT2D eigenvalue weighted by molar-refractivity contribution is -0.384. The monoisotopic (exact) mass is 670 g/mol. The van der Waals surface area contributed by atoms with E-state index in [1.54, 1.807) is 47.4 Å². The van der Waals surface area contributed by atoms with Crippen LogP contribution in [-0.2, 0) is 29.1 Å². The summed E-state index contributed by atoms with van der Waals surface area (Å²) in [4.78, 5) is 70.1. The number of carbonyl (C=O) groups excluding carboxylic acids is 2. The van der Waals surface area contributed by atoms with Crippen molar-refractivity contribution in [2.24, 2.45) is 0 Å². The highest BCUT2D eigenvalue weighted by atomic mass is 16.6. The van der Waals surface area contributed by atoms with E-state index in [0.29, 0.717) is 56.8 Å². The number of pyridine rings is 2. The van der Waals surface area contributed by atoms with E-state index in [2.05, 4.69) is 14.9 Å². The Labute approximate surface area is 278 Å². The number of hydrogen-bond acceptors (Lipinski definition) is 13. The Morgan fingerprint density at radius 1 is 0.771 bits per heavy atom. The number of non-ortho nitro benzene ring substituents is 1. The Balaban J connectivity index is 0.00000277. The maximum atomic E-state index is 11.6. The number of nitro groups is 1. The lowest BCUT2D eigenvalue weighted by atomic mass is 10.1. The van der Waals surface area contributed by atoms with Gasteiger partial charge in [0.2, 0.25) is 0 Å². The van der Waals surface area contributed by atoms with Crippen LogP contribution in [0.25, 0.3) is 0 Å². The van der Waals surface area contributed by atoms with Gasteiger partial charge in [0.25, 0.3) is 5.69 Å². The molecule has 4 N–H and O–H groups in total. The minimum Gasteiger partial charge on any atom is -0.480 e. The van der Waals surface area contributed by atoms with E-state index >= 15 is 0 Å². The highest BCUT2D eigenvalue weighted by Gasteiger charge is 2.17. The average molecular weight is 671 g/mol. The summed E-state index contributed by atoms with van der Waals surface area (Å²) < 4.78 is 0. The van der Waals surface area contributed by atoms with Crippen LogP contribution in [0.3, 0.4) is 0 Å². The summed E-state index contributed by atoms with van der Waals surface area (Å²) in [5.74, 6) is -2.16. The van der Waals surface area contributed by atoms with E-state index in [-0.39, 0.29) is 43.3 Å². The first-order valence-electron chi connectivity index (χ1n) is 14.7. The van der Waals surface area contributed by atoms with Crippen molar-refractivity contribution in [3.8, 4) is 0 Å². The van der Waals surface area contributed by atoms with E-state index in [1.165, 1.54) is 18.2 Å². The topological polar surface area (TPSA) is 228 Å². The molecule has 16 heteroatoms. The number of aromatic carboxylic acids is 1. The maximum absolute atomic E-state index is 11.6. The predicted octanol–water partition coefficient (Wildman–Crippen LogP) is 1.24. The van der Waals surface area contributed by atoms with Crippen molar-refractivity contribution >= 4 is 30.2 Å². The molecule has 0 saturated heterocycles. The zero-order valence-electron chi connectivity index (χ0n) is 26.9. The van der Waals surface area contributed by atoms with Gasteiger partial charge in [0.15, 0.2) is 6.29 Å². The maximum Gasteiger partial charge on any atom is 0.354 e. The number of nitro benzene ring substituents is 1. The lowest BCUT2D eigenvalue weighted by Crippen LogP contribution is -2.42. The number of hydrogen-bond donors (Lipinski definition) is 4. The van der Waals surface area contributed by atoms with Crippen LogP contribution in [-0.4, -0.2) is 135 Å². The SMILES string of the molecule is CO.CO.O=CCN(CCN(CCc1ccc([N+](=O)[O-])cc1)CCN(CC(=O)O)Cc1cccc(C=O)n1)Cc1cccc(C(=O)O)n1. The van der Waals surface area contributed by atoms with Gasteiger partial charge >= 0.3 is 11.9 Å². The van der Waals surface area contributed by atoms with Gasteiger partial charge in [-0.1, -0.05) is 24.3 Å². The van der Waals surface area contributed by atoms with Crippen LogP contribution in [0.4, 0.5) is 5.69 Å². The normalized spacial score (nSPS) is 10.5. The molecular formula is C32H42N6O10. The van der Waals surface area contributed by atoms with Crippen molar-refractivity contribution in [3.05, 3.63) is 99.1 Å². The first kappa shape index (κ1) is 41.0. The second-order valence-electron chi connectivity index (χ2n) is 10.0. The van der Waals surface area contributed by atoms with Crippen LogP contribution in [0, 0.1) is 10.1 Å². The summed E-state index contributed by atoms with van der Waals surface area (Å²) >= 11 is 0. The third-order valence-corrected chi connectivity index (χ3v) is 6.77. The molecule has 0 bridgehead atoms. The number of carboxylic acids is 2. The zero-order chi connectivity index (χ0) is 35.9. The molecule has 3 aromatic rings. The number of aliphatic hydroxyl groups excluding tert-OH is 2. The predicted molar refractivity (Wildman–Crippen MR) is 175 cm³/mol. The lowest BCUT2D eigenvalue weighted by Gasteiger charge is -2.29. The van der Waals surface area contributed by atoms with Gasteiger partial charge in [-0.25, -0.2) is 14.8 Å². The van der Waals surface area contributed by atoms with Crippen LogP contribution >= 0.6 is 0 Å². The third kappa shape index (κ3) is 15.5. The first-order chi connectivity index (χ1) is 23.2. The number of carboxylic acid groups (broad SMARTS) is 2. The van der Waals surface area contributed by atoms with Gasteiger partial charge in [-0.05, 0) is 36.2 Å². The van der Waals surface area contributed by atoms with Gasteiger partial charge in [0.1, 0.15) is 17.7 Å². The second-order valence-corrected chi connectivity index (χ2v) is 10.0. The summed E-state index contributed by atoms with van der Waals surface area (Å²) in [5, 5.41) is 43.8. The van der Waals surface area contributed by atoms with E-state index in [4.69, 9.17) is 10.2 Å². The smallest absolute Gasteiger partial charge is 0.354 e. The molecule has 0 aliphatic heterocycles. The number of aldehydes is 2. The van der Waals surface area contributed by atoms with Crippen molar-refractivity contribution < 1.29 is 44.5 Å². The Hall–Kier alpha value is -5.00. The van der Waals surface area contributed by atoms with Gasteiger partial charge in [-0.15, -0.1) is 0 Å². The fourth-order valence-corrected chi connectivity index (χ4v) is 4.52. The van der Waals surface area contributed by atoms with E-state index < -0.39 is 16.9 Å². The minimum absolute atomic E-state index is 0.00717. The standard InChI is InChI=1S/C30H34N6O8.2CH4O/c37-18-17-34(19-25-4-2-6-28(32-25)30(41)42)15-13-33(12-11-23-7-9-27(10-8-23)36(43)44)14-16-35(21-29(39)40)20-24-3-1-5-26(22-38)31-24;2*1-2/h1-10,18,22H,11-17,19-21H2,(H,39,40)(H,41,42);2*2H,1H3. The summed E-state index contributed by atoms with van der Waals surface area (Å²) in [6, 6.07) is 15.9. The van der Waals surface area contributed by atoms with Crippen LogP contribution in [0.2, 0.25) is 0 Å². The number of benzene rings is 1. The summed E-state index contributed by atoms with van der Waals surface area (Å²) in [5.41, 5.74) is 2.10. The van der Waals surface area contributed by atoms with Gasteiger partial charge < -0.3 is 30.1 Å². The quantitative estimate of drug-likeness (QED) is 0.0753. The second kappa shape index (κ2) is 23.3. The number of rotatable bonds is 20. The van der Waals surface area contributed by atoms with Crippen LogP contribution in [0.1, 0.15) is 37.9 Å².